The molecule has 6 nitrogen and oxygen atoms in total. The monoisotopic (exact) mass is 320 g/mol. The summed E-state index contributed by atoms with van der Waals surface area (Å²) in [7, 11) is 3.35. The molecule has 2 aliphatic heterocycles. The molecule has 116 valence electrons. The topological polar surface area (TPSA) is 51.2 Å². The quantitative estimate of drug-likeness (QED) is 0.626. The summed E-state index contributed by atoms with van der Waals surface area (Å²) in [5, 5.41) is 0.499. The lowest BCUT2D eigenvalue weighted by Gasteiger charge is -2.13. The number of nitrogens with zero attached hydrogens (tertiary/aromatic N) is 2. The van der Waals surface area contributed by atoms with Crippen LogP contribution >= 0.6 is 12.2 Å². The molecule has 0 radical (unpaired) electrons. The highest BCUT2D eigenvalue weighted by molar-refractivity contribution is 7.80. The van der Waals surface area contributed by atoms with E-state index in [1.165, 1.54) is 0 Å². The summed E-state index contributed by atoms with van der Waals surface area (Å²) in [4.78, 5) is 15.7. The summed E-state index contributed by atoms with van der Waals surface area (Å²) in [6, 6.07) is 3.55. The maximum atomic E-state index is 12.4. The molecule has 1 aromatic carbocycles. The first-order valence-electron chi connectivity index (χ1n) is 6.85. The molecule has 0 spiro atoms. The lowest BCUT2D eigenvalue weighted by molar-refractivity contribution is -0.122. The molecular weight excluding hydrogens is 304 g/mol. The Labute approximate surface area is 133 Å². The van der Waals surface area contributed by atoms with Crippen LogP contribution in [-0.4, -0.2) is 48.3 Å². The van der Waals surface area contributed by atoms with Gasteiger partial charge in [-0.25, -0.2) is 0 Å². The van der Waals surface area contributed by atoms with Crippen LogP contribution < -0.4 is 14.2 Å². The van der Waals surface area contributed by atoms with Crippen LogP contribution in [-0.2, 0) is 4.79 Å². The normalized spacial score (nSPS) is 18.6. The summed E-state index contributed by atoms with van der Waals surface area (Å²) in [6.07, 6.45) is 1.76. The molecule has 7 heteroatoms. The number of fused-ring (bicyclic) bond motifs is 1. The number of rotatable bonds is 3. The molecule has 0 saturated carbocycles. The molecule has 0 aromatic heterocycles. The lowest BCUT2D eigenvalue weighted by atomic mass is 10.1. The first-order valence-corrected chi connectivity index (χ1v) is 7.26. The highest BCUT2D eigenvalue weighted by Gasteiger charge is 2.34. The molecule has 22 heavy (non-hydrogen) atoms. The molecule has 0 bridgehead atoms. The number of amides is 1. The van der Waals surface area contributed by atoms with E-state index in [1.807, 2.05) is 6.92 Å². The van der Waals surface area contributed by atoms with Crippen molar-refractivity contribution in [3.63, 3.8) is 0 Å². The number of likely N-dealkylation sites (N-methyl/N-ethyl adjacent to an activating group) is 2. The van der Waals surface area contributed by atoms with Gasteiger partial charge in [-0.3, -0.25) is 9.69 Å². The van der Waals surface area contributed by atoms with Crippen molar-refractivity contribution in [3.8, 4) is 17.2 Å². The van der Waals surface area contributed by atoms with Crippen molar-refractivity contribution in [2.45, 2.75) is 6.92 Å². The molecule has 2 aliphatic rings. The highest BCUT2D eigenvalue weighted by Crippen LogP contribution is 2.39. The largest absolute Gasteiger partial charge is 0.496 e. The van der Waals surface area contributed by atoms with Gasteiger partial charge in [0.1, 0.15) is 11.4 Å². The number of methoxy groups -OCH3 is 1. The van der Waals surface area contributed by atoms with Crippen molar-refractivity contribution in [1.82, 2.24) is 9.80 Å². The van der Waals surface area contributed by atoms with Crippen LogP contribution in [0.1, 0.15) is 12.5 Å². The van der Waals surface area contributed by atoms with E-state index in [0.29, 0.717) is 34.6 Å². The average molecular weight is 320 g/mol. The molecule has 1 aromatic rings. The zero-order chi connectivity index (χ0) is 15.9. The van der Waals surface area contributed by atoms with Crippen molar-refractivity contribution in [1.29, 1.82) is 0 Å². The number of benzene rings is 1. The van der Waals surface area contributed by atoms with Crippen molar-refractivity contribution in [2.75, 3.05) is 27.5 Å². The first kappa shape index (κ1) is 14.6. The molecular formula is C15H16N2O4S. The summed E-state index contributed by atoms with van der Waals surface area (Å²) in [6.45, 7) is 2.62. The van der Waals surface area contributed by atoms with Gasteiger partial charge in [-0.05, 0) is 31.3 Å². The predicted octanol–water partition coefficient (Wildman–Crippen LogP) is 1.84. The third kappa shape index (κ3) is 2.18. The lowest BCUT2D eigenvalue weighted by Crippen LogP contribution is -2.30. The van der Waals surface area contributed by atoms with Crippen LogP contribution in [0.3, 0.4) is 0 Å². The smallest absolute Gasteiger partial charge is 0.276 e. The maximum absolute atomic E-state index is 12.4. The summed E-state index contributed by atoms with van der Waals surface area (Å²) in [5.41, 5.74) is 1.24. The molecule has 1 fully saturated rings. The van der Waals surface area contributed by atoms with Gasteiger partial charge in [-0.1, -0.05) is 0 Å². The van der Waals surface area contributed by atoms with Crippen LogP contribution in [0.5, 0.6) is 17.2 Å². The Morgan fingerprint density at radius 2 is 2.05 bits per heavy atom. The van der Waals surface area contributed by atoms with Gasteiger partial charge in [0.05, 0.1) is 7.11 Å². The van der Waals surface area contributed by atoms with Crippen LogP contribution in [0.25, 0.3) is 6.08 Å². The Kier molecular flexibility index (Phi) is 3.66. The minimum absolute atomic E-state index is 0.116. The third-order valence-electron chi connectivity index (χ3n) is 3.68. The van der Waals surface area contributed by atoms with E-state index in [1.54, 1.807) is 42.2 Å². The van der Waals surface area contributed by atoms with E-state index in [2.05, 4.69) is 0 Å². The van der Waals surface area contributed by atoms with E-state index in [-0.39, 0.29) is 12.7 Å². The Hall–Kier alpha value is -2.28. The first-order chi connectivity index (χ1) is 10.6. The standard InChI is InChI=1S/C15H16N2O4S/c1-4-17-14(18)10(16(2)15(17)22)5-9-6-12-13(21-8-20-12)7-11(9)19-3/h5-7H,4,8H2,1-3H3/b10-5+. The maximum Gasteiger partial charge on any atom is 0.276 e. The van der Waals surface area contributed by atoms with Gasteiger partial charge in [0.15, 0.2) is 16.6 Å². The number of carbonyl (C=O) groups is 1. The van der Waals surface area contributed by atoms with Gasteiger partial charge in [-0.2, -0.15) is 0 Å². The second-order valence-electron chi connectivity index (χ2n) is 4.87. The number of hydrogen-bond donors (Lipinski definition) is 0. The van der Waals surface area contributed by atoms with E-state index >= 15 is 0 Å². The van der Waals surface area contributed by atoms with Crippen LogP contribution in [0.4, 0.5) is 0 Å². The van der Waals surface area contributed by atoms with E-state index in [0.717, 1.165) is 5.56 Å². The highest BCUT2D eigenvalue weighted by atomic mass is 32.1. The summed E-state index contributed by atoms with van der Waals surface area (Å²) >= 11 is 5.29. The molecule has 2 heterocycles. The second-order valence-corrected chi connectivity index (χ2v) is 5.23. The molecule has 1 amide bonds. The predicted molar refractivity (Wildman–Crippen MR) is 84.8 cm³/mol. The minimum atomic E-state index is -0.116. The average Bonchev–Trinajstić information content (AvgIpc) is 3.05. The van der Waals surface area contributed by atoms with Gasteiger partial charge in [0.25, 0.3) is 5.91 Å². The molecule has 0 aliphatic carbocycles. The molecule has 1 saturated heterocycles. The van der Waals surface area contributed by atoms with Gasteiger partial charge >= 0.3 is 0 Å². The molecule has 0 atom stereocenters. The third-order valence-corrected chi connectivity index (χ3v) is 4.17. The van der Waals surface area contributed by atoms with Crippen LogP contribution in [0.15, 0.2) is 17.8 Å². The number of carbonyl (C=O) groups excluding carboxylic acids is 1. The summed E-state index contributed by atoms with van der Waals surface area (Å²) in [5.74, 6) is 1.76. The van der Waals surface area contributed by atoms with E-state index in [4.69, 9.17) is 26.4 Å². The van der Waals surface area contributed by atoms with Crippen molar-refractivity contribution < 1.29 is 19.0 Å². The Balaban J connectivity index is 2.05. The number of thiocarbonyl (C=S) groups is 1. The Morgan fingerprint density at radius 3 is 2.64 bits per heavy atom. The SMILES string of the molecule is CCN1C(=O)/C(=C\c2cc3c(cc2OC)OCO3)N(C)C1=S. The van der Waals surface area contributed by atoms with Gasteiger partial charge in [0.2, 0.25) is 6.79 Å². The van der Waals surface area contributed by atoms with Crippen LogP contribution in [0.2, 0.25) is 0 Å². The fraction of sp³-hybridized carbons (Fsp3) is 0.333. The second kappa shape index (κ2) is 5.49. The van der Waals surface area contributed by atoms with E-state index in [9.17, 15) is 4.79 Å². The summed E-state index contributed by atoms with van der Waals surface area (Å²) < 4.78 is 16.1. The fourth-order valence-corrected chi connectivity index (χ4v) is 2.78. The molecule has 3 rings (SSSR count). The fourth-order valence-electron chi connectivity index (χ4n) is 2.47. The van der Waals surface area contributed by atoms with Gasteiger partial charge in [0, 0.05) is 25.2 Å². The molecule has 0 N–H and O–H groups in total. The molecule has 0 unspecified atom stereocenters. The zero-order valence-electron chi connectivity index (χ0n) is 12.6. The minimum Gasteiger partial charge on any atom is -0.496 e. The Bertz CT molecular complexity index is 686. The Morgan fingerprint density at radius 1 is 1.36 bits per heavy atom. The zero-order valence-corrected chi connectivity index (χ0v) is 13.4. The van der Waals surface area contributed by atoms with Crippen LogP contribution in [0, 0.1) is 0 Å². The van der Waals surface area contributed by atoms with Gasteiger partial charge < -0.3 is 19.1 Å². The van der Waals surface area contributed by atoms with Gasteiger partial charge in [-0.15, -0.1) is 0 Å². The van der Waals surface area contributed by atoms with E-state index < -0.39 is 0 Å². The van der Waals surface area contributed by atoms with Crippen molar-refractivity contribution in [2.24, 2.45) is 0 Å². The number of hydrogen-bond acceptors (Lipinski definition) is 5. The number of ether oxygens (including phenoxy) is 3. The van der Waals surface area contributed by atoms with Crippen molar-refractivity contribution in [3.05, 3.63) is 23.4 Å². The van der Waals surface area contributed by atoms with Crippen molar-refractivity contribution >= 4 is 29.3 Å².